The number of anilines is 1. The third-order valence-electron chi connectivity index (χ3n) is 5.80. The van der Waals surface area contributed by atoms with Crippen LogP contribution in [0.25, 0.3) is 27.9 Å². The summed E-state index contributed by atoms with van der Waals surface area (Å²) in [5.41, 5.74) is 9.47. The largest absolute Gasteiger partial charge is 0.354 e. The molecule has 0 unspecified atom stereocenters. The van der Waals surface area contributed by atoms with Gasteiger partial charge in [0.05, 0.1) is 28.5 Å². The van der Waals surface area contributed by atoms with Crippen molar-refractivity contribution < 1.29 is 0 Å². The van der Waals surface area contributed by atoms with E-state index in [0.717, 1.165) is 50.7 Å². The van der Waals surface area contributed by atoms with Gasteiger partial charge in [0.15, 0.2) is 0 Å². The number of rotatable bonds is 3. The van der Waals surface area contributed by atoms with Crippen LogP contribution >= 0.6 is 0 Å². The summed E-state index contributed by atoms with van der Waals surface area (Å²) >= 11 is 0. The van der Waals surface area contributed by atoms with Crippen LogP contribution in [0.2, 0.25) is 0 Å². The van der Waals surface area contributed by atoms with Gasteiger partial charge in [0.25, 0.3) is 0 Å². The molecule has 0 aliphatic carbocycles. The molecule has 32 heavy (non-hydrogen) atoms. The number of H-pyrrole nitrogens is 1. The van der Waals surface area contributed by atoms with Crippen LogP contribution in [0.4, 0.5) is 11.4 Å². The standard InChI is InChI=1S/C29H21N3/c1-3-11-20(12-4-1)26-19-27(31-25-18-10-9-17-24(25)30-26)28-22-15-7-8-16-23(22)32-29(28)21-13-5-2-6-14-21/h1-19,31-32H. The van der Waals surface area contributed by atoms with Crippen molar-refractivity contribution in [2.24, 2.45) is 4.99 Å². The SMILES string of the molecule is C1=C(c2c(-c3ccccc3)[nH]c3ccccc23)Nc2ccccc2N=C1c1ccccc1. The molecule has 0 radical (unpaired) electrons. The Balaban J connectivity index is 1.63. The lowest BCUT2D eigenvalue weighted by Gasteiger charge is -2.13. The topological polar surface area (TPSA) is 40.2 Å². The first-order valence-electron chi connectivity index (χ1n) is 10.8. The van der Waals surface area contributed by atoms with E-state index in [4.69, 9.17) is 4.99 Å². The molecule has 3 nitrogen and oxygen atoms in total. The molecule has 0 atom stereocenters. The smallest absolute Gasteiger partial charge is 0.0871 e. The number of para-hydroxylation sites is 3. The van der Waals surface area contributed by atoms with Crippen molar-refractivity contribution in [2.45, 2.75) is 0 Å². The second kappa shape index (κ2) is 7.71. The van der Waals surface area contributed by atoms with Crippen LogP contribution < -0.4 is 5.32 Å². The van der Waals surface area contributed by atoms with Crippen molar-refractivity contribution >= 4 is 33.7 Å². The molecule has 2 N–H and O–H groups in total. The first-order valence-corrected chi connectivity index (χ1v) is 10.8. The lowest BCUT2D eigenvalue weighted by atomic mass is 10.00. The van der Waals surface area contributed by atoms with E-state index in [1.165, 1.54) is 5.39 Å². The molecule has 0 bridgehead atoms. The van der Waals surface area contributed by atoms with Gasteiger partial charge >= 0.3 is 0 Å². The Morgan fingerprint density at radius 3 is 2.06 bits per heavy atom. The predicted molar refractivity (Wildman–Crippen MR) is 134 cm³/mol. The molecule has 1 aromatic heterocycles. The molecule has 6 rings (SSSR count). The zero-order valence-electron chi connectivity index (χ0n) is 17.4. The number of nitrogens with zero attached hydrogens (tertiary/aromatic N) is 1. The maximum Gasteiger partial charge on any atom is 0.0871 e. The van der Waals surface area contributed by atoms with Crippen molar-refractivity contribution in [3.63, 3.8) is 0 Å². The van der Waals surface area contributed by atoms with Gasteiger partial charge in [0, 0.05) is 22.0 Å². The fraction of sp³-hybridized carbons (Fsp3) is 0. The number of fused-ring (bicyclic) bond motifs is 2. The summed E-state index contributed by atoms with van der Waals surface area (Å²) < 4.78 is 0. The number of aromatic nitrogens is 1. The Hall–Kier alpha value is -4.37. The highest BCUT2D eigenvalue weighted by molar-refractivity contribution is 6.18. The van der Waals surface area contributed by atoms with Crippen molar-refractivity contribution in [3.05, 3.63) is 126 Å². The number of benzene rings is 4. The highest BCUT2D eigenvalue weighted by atomic mass is 15.0. The molecule has 2 heterocycles. The van der Waals surface area contributed by atoms with E-state index < -0.39 is 0 Å². The molecular weight excluding hydrogens is 390 g/mol. The van der Waals surface area contributed by atoms with E-state index in [9.17, 15) is 0 Å². The Morgan fingerprint density at radius 1 is 0.594 bits per heavy atom. The highest BCUT2D eigenvalue weighted by Gasteiger charge is 2.20. The van der Waals surface area contributed by atoms with E-state index in [-0.39, 0.29) is 0 Å². The van der Waals surface area contributed by atoms with Crippen LogP contribution in [0.15, 0.2) is 120 Å². The minimum absolute atomic E-state index is 0.929. The molecular formula is C29H21N3. The second-order valence-electron chi connectivity index (χ2n) is 7.85. The normalized spacial score (nSPS) is 13.0. The lowest BCUT2D eigenvalue weighted by molar-refractivity contribution is 1.43. The van der Waals surface area contributed by atoms with Gasteiger partial charge in [-0.2, -0.15) is 0 Å². The van der Waals surface area contributed by atoms with Crippen molar-refractivity contribution in [3.8, 4) is 11.3 Å². The third kappa shape index (κ3) is 3.21. The molecule has 0 saturated heterocycles. The van der Waals surface area contributed by atoms with Gasteiger partial charge < -0.3 is 10.3 Å². The summed E-state index contributed by atoms with van der Waals surface area (Å²) in [4.78, 5) is 8.68. The van der Waals surface area contributed by atoms with Crippen LogP contribution in [0.3, 0.4) is 0 Å². The van der Waals surface area contributed by atoms with Gasteiger partial charge in [-0.15, -0.1) is 0 Å². The van der Waals surface area contributed by atoms with E-state index in [1.54, 1.807) is 0 Å². The molecule has 1 aliphatic rings. The quantitative estimate of drug-likeness (QED) is 0.318. The lowest BCUT2D eigenvalue weighted by Crippen LogP contribution is -2.02. The summed E-state index contributed by atoms with van der Waals surface area (Å²) in [7, 11) is 0. The van der Waals surface area contributed by atoms with E-state index in [2.05, 4.69) is 101 Å². The molecule has 5 aromatic rings. The molecule has 0 saturated carbocycles. The van der Waals surface area contributed by atoms with Crippen LogP contribution in [-0.4, -0.2) is 10.7 Å². The van der Waals surface area contributed by atoms with Crippen molar-refractivity contribution in [1.82, 2.24) is 4.98 Å². The summed E-state index contributed by atoms with van der Waals surface area (Å²) in [5.74, 6) is 0. The first kappa shape index (κ1) is 18.4. The van der Waals surface area contributed by atoms with Gasteiger partial charge in [-0.25, -0.2) is 4.99 Å². The predicted octanol–water partition coefficient (Wildman–Crippen LogP) is 7.42. The molecule has 0 fully saturated rings. The Morgan fingerprint density at radius 2 is 1.25 bits per heavy atom. The second-order valence-corrected chi connectivity index (χ2v) is 7.85. The van der Waals surface area contributed by atoms with Crippen LogP contribution in [-0.2, 0) is 0 Å². The maximum atomic E-state index is 5.02. The number of hydrogen-bond donors (Lipinski definition) is 2. The zero-order chi connectivity index (χ0) is 21.3. The number of hydrogen-bond acceptors (Lipinski definition) is 2. The number of nitrogens with one attached hydrogen (secondary N) is 2. The minimum atomic E-state index is 0.929. The number of allylic oxidation sites excluding steroid dienone is 1. The fourth-order valence-corrected chi connectivity index (χ4v) is 4.29. The first-order chi connectivity index (χ1) is 15.9. The molecule has 1 aliphatic heterocycles. The number of aromatic amines is 1. The Kier molecular flexibility index (Phi) is 4.43. The summed E-state index contributed by atoms with van der Waals surface area (Å²) in [5, 5.41) is 4.87. The molecule has 0 spiro atoms. The summed E-state index contributed by atoms with van der Waals surface area (Å²) in [6.07, 6.45) is 2.16. The van der Waals surface area contributed by atoms with Crippen LogP contribution in [0, 0.1) is 0 Å². The van der Waals surface area contributed by atoms with Gasteiger partial charge in [-0.3, -0.25) is 0 Å². The average Bonchev–Trinajstić information content (AvgIpc) is 3.14. The van der Waals surface area contributed by atoms with Crippen LogP contribution in [0.1, 0.15) is 11.1 Å². The van der Waals surface area contributed by atoms with Gasteiger partial charge in [0.1, 0.15) is 0 Å². The molecule has 4 aromatic carbocycles. The molecule has 3 heteroatoms. The number of aliphatic imine (C=N–C) groups is 1. The van der Waals surface area contributed by atoms with Gasteiger partial charge in [-0.05, 0) is 29.8 Å². The average molecular weight is 412 g/mol. The van der Waals surface area contributed by atoms with E-state index in [1.807, 2.05) is 24.3 Å². The van der Waals surface area contributed by atoms with Crippen LogP contribution in [0.5, 0.6) is 0 Å². The zero-order valence-corrected chi connectivity index (χ0v) is 17.4. The van der Waals surface area contributed by atoms with E-state index in [0.29, 0.717) is 0 Å². The maximum absolute atomic E-state index is 5.02. The molecule has 152 valence electrons. The Bertz CT molecular complexity index is 1480. The fourth-order valence-electron chi connectivity index (χ4n) is 4.29. The summed E-state index contributed by atoms with van der Waals surface area (Å²) in [6.45, 7) is 0. The highest BCUT2D eigenvalue weighted by Crippen LogP contribution is 2.39. The molecule has 0 amide bonds. The minimum Gasteiger partial charge on any atom is -0.354 e. The van der Waals surface area contributed by atoms with E-state index >= 15 is 0 Å². The van der Waals surface area contributed by atoms with Gasteiger partial charge in [0.2, 0.25) is 0 Å². The monoisotopic (exact) mass is 411 g/mol. The Labute approximate surface area is 186 Å². The van der Waals surface area contributed by atoms with Gasteiger partial charge in [-0.1, -0.05) is 91.0 Å². The third-order valence-corrected chi connectivity index (χ3v) is 5.80. The summed E-state index contributed by atoms with van der Waals surface area (Å²) in [6, 6.07) is 37.5. The van der Waals surface area contributed by atoms with Crippen molar-refractivity contribution in [1.29, 1.82) is 0 Å². The van der Waals surface area contributed by atoms with Crippen molar-refractivity contribution in [2.75, 3.05) is 5.32 Å².